The van der Waals surface area contributed by atoms with Gasteiger partial charge in [-0.25, -0.2) is 14.8 Å². The molecule has 0 radical (unpaired) electrons. The van der Waals surface area contributed by atoms with Crippen molar-refractivity contribution in [1.82, 2.24) is 25.5 Å². The van der Waals surface area contributed by atoms with Gasteiger partial charge >= 0.3 is 6.03 Å². The van der Waals surface area contributed by atoms with Gasteiger partial charge < -0.3 is 19.9 Å². The molecule has 4 saturated carbocycles. The van der Waals surface area contributed by atoms with Crippen LogP contribution in [0.4, 0.5) is 16.4 Å². The SMILES string of the molecule is COc1ccc(N2CCN(/C(=N\c3nc(C)cc(C)n3)NC(=O)NC34CC5CC(CC(C5)C3)C4)CC2)cc1. The fourth-order valence-corrected chi connectivity index (χ4v) is 7.64. The molecule has 2 amide bonds. The second kappa shape index (κ2) is 10.1. The molecule has 202 valence electrons. The minimum Gasteiger partial charge on any atom is -0.497 e. The minimum absolute atomic E-state index is 0.0621. The van der Waals surface area contributed by atoms with Crippen molar-refractivity contribution >= 4 is 23.6 Å². The fourth-order valence-electron chi connectivity index (χ4n) is 7.64. The van der Waals surface area contributed by atoms with Crippen molar-refractivity contribution in [3.63, 3.8) is 0 Å². The monoisotopic (exact) mass is 517 g/mol. The van der Waals surface area contributed by atoms with Gasteiger partial charge in [0, 0.05) is 48.8 Å². The molecular formula is C29H39N7O2. The van der Waals surface area contributed by atoms with Gasteiger partial charge in [0.05, 0.1) is 7.11 Å². The summed E-state index contributed by atoms with van der Waals surface area (Å²) in [5.41, 5.74) is 2.82. The van der Waals surface area contributed by atoms with Gasteiger partial charge in [-0.2, -0.15) is 4.99 Å². The third-order valence-electron chi connectivity index (χ3n) is 8.84. The Bertz CT molecular complexity index is 1150. The molecule has 0 unspecified atom stereocenters. The number of hydrogen-bond donors (Lipinski definition) is 2. The highest BCUT2D eigenvalue weighted by molar-refractivity contribution is 5.97. The van der Waals surface area contributed by atoms with Crippen LogP contribution in [-0.2, 0) is 0 Å². The molecule has 7 rings (SSSR count). The first-order chi connectivity index (χ1) is 18.4. The van der Waals surface area contributed by atoms with Gasteiger partial charge in [-0.05, 0) is 100 Å². The Morgan fingerprint density at radius 3 is 2.08 bits per heavy atom. The number of carbonyl (C=O) groups excluding carboxylic acids is 1. The van der Waals surface area contributed by atoms with E-state index in [4.69, 9.17) is 9.73 Å². The molecule has 2 N–H and O–H groups in total. The van der Waals surface area contributed by atoms with Crippen molar-refractivity contribution < 1.29 is 9.53 Å². The van der Waals surface area contributed by atoms with E-state index >= 15 is 0 Å². The minimum atomic E-state index is -0.160. The summed E-state index contributed by atoms with van der Waals surface area (Å²) in [4.78, 5) is 31.7. The average Bonchev–Trinajstić information content (AvgIpc) is 2.87. The van der Waals surface area contributed by atoms with E-state index in [2.05, 4.69) is 42.5 Å². The van der Waals surface area contributed by atoms with Gasteiger partial charge in [-0.3, -0.25) is 5.32 Å². The summed E-state index contributed by atoms with van der Waals surface area (Å²) in [6.07, 6.45) is 7.37. The van der Waals surface area contributed by atoms with Crippen LogP contribution in [0.5, 0.6) is 5.75 Å². The first-order valence-electron chi connectivity index (χ1n) is 14.0. The number of hydrogen-bond acceptors (Lipinski definition) is 6. The number of piperazine rings is 1. The van der Waals surface area contributed by atoms with Gasteiger partial charge in [0.1, 0.15) is 5.75 Å². The van der Waals surface area contributed by atoms with E-state index in [0.717, 1.165) is 86.0 Å². The first-order valence-corrected chi connectivity index (χ1v) is 14.0. The molecule has 9 nitrogen and oxygen atoms in total. The molecule has 4 bridgehead atoms. The number of guanidine groups is 1. The number of aryl methyl sites for hydroxylation is 2. The zero-order valence-electron chi connectivity index (χ0n) is 22.7. The number of nitrogens with one attached hydrogen (secondary N) is 2. The van der Waals surface area contributed by atoms with Gasteiger partial charge in [-0.1, -0.05) is 0 Å². The standard InChI is InChI=1S/C29H39N7O2/c1-19-12-20(2)31-26(30-19)32-27(36-10-8-35(9-11-36)24-4-6-25(38-3)7-5-24)33-28(37)34-29-16-21-13-22(17-29)15-23(14-21)18-29/h4-7,12,21-23H,8-11,13-18H2,1-3H3,(H2,30,31,32,33,34,37). The number of aromatic nitrogens is 2. The summed E-state index contributed by atoms with van der Waals surface area (Å²) >= 11 is 0. The van der Waals surface area contributed by atoms with Crippen molar-refractivity contribution in [3.8, 4) is 5.75 Å². The maximum absolute atomic E-state index is 13.5. The van der Waals surface area contributed by atoms with Crippen LogP contribution in [-0.4, -0.2) is 65.7 Å². The van der Waals surface area contributed by atoms with E-state index < -0.39 is 0 Å². The van der Waals surface area contributed by atoms with Crippen LogP contribution >= 0.6 is 0 Å². The Morgan fingerprint density at radius 2 is 1.53 bits per heavy atom. The lowest BCUT2D eigenvalue weighted by Gasteiger charge is -2.56. The summed E-state index contributed by atoms with van der Waals surface area (Å²) in [7, 11) is 1.68. The fraction of sp³-hybridized carbons (Fsp3) is 0.586. The summed E-state index contributed by atoms with van der Waals surface area (Å²) in [6, 6.07) is 9.92. The number of methoxy groups -OCH3 is 1. The Kier molecular flexibility index (Phi) is 6.61. The van der Waals surface area contributed by atoms with Crippen LogP contribution in [0.2, 0.25) is 0 Å². The molecule has 4 aliphatic carbocycles. The van der Waals surface area contributed by atoms with Gasteiger partial charge in [0.15, 0.2) is 0 Å². The number of aliphatic imine (C=N–C) groups is 1. The third kappa shape index (κ3) is 5.28. The Labute approximate surface area is 225 Å². The number of carbonyl (C=O) groups is 1. The van der Waals surface area contributed by atoms with E-state index in [0.29, 0.717) is 11.9 Å². The zero-order chi connectivity index (χ0) is 26.3. The van der Waals surface area contributed by atoms with Gasteiger partial charge in [0.25, 0.3) is 5.95 Å². The molecule has 1 aromatic heterocycles. The second-order valence-corrected chi connectivity index (χ2v) is 11.8. The molecule has 2 heterocycles. The second-order valence-electron chi connectivity index (χ2n) is 11.8. The predicted molar refractivity (Wildman–Crippen MR) is 148 cm³/mol. The number of nitrogens with zero attached hydrogens (tertiary/aromatic N) is 5. The number of amides is 2. The topological polar surface area (TPSA) is 95.0 Å². The smallest absolute Gasteiger partial charge is 0.321 e. The van der Waals surface area contributed by atoms with E-state index in [9.17, 15) is 4.79 Å². The molecule has 0 atom stereocenters. The van der Waals surface area contributed by atoms with Crippen LogP contribution in [0, 0.1) is 31.6 Å². The van der Waals surface area contributed by atoms with Crippen LogP contribution in [0.1, 0.15) is 49.9 Å². The number of anilines is 1. The number of rotatable bonds is 4. The number of ether oxygens (including phenoxy) is 1. The first kappa shape index (κ1) is 24.9. The van der Waals surface area contributed by atoms with Gasteiger partial charge in [0.2, 0.25) is 5.96 Å². The van der Waals surface area contributed by atoms with Crippen LogP contribution in [0.3, 0.4) is 0 Å². The third-order valence-corrected chi connectivity index (χ3v) is 8.84. The van der Waals surface area contributed by atoms with Crippen molar-refractivity contribution in [2.75, 3.05) is 38.2 Å². The van der Waals surface area contributed by atoms with E-state index in [1.165, 1.54) is 19.3 Å². The van der Waals surface area contributed by atoms with Crippen molar-refractivity contribution in [2.45, 2.75) is 57.9 Å². The lowest BCUT2D eigenvalue weighted by Crippen LogP contribution is -2.63. The van der Waals surface area contributed by atoms with Gasteiger partial charge in [-0.15, -0.1) is 0 Å². The molecule has 0 spiro atoms. The number of benzene rings is 1. The molecule has 1 saturated heterocycles. The van der Waals surface area contributed by atoms with Crippen LogP contribution in [0.25, 0.3) is 0 Å². The maximum Gasteiger partial charge on any atom is 0.321 e. The lowest BCUT2D eigenvalue weighted by molar-refractivity contribution is -0.0133. The molecule has 38 heavy (non-hydrogen) atoms. The summed E-state index contributed by atoms with van der Waals surface area (Å²) in [5.74, 6) is 4.06. The Morgan fingerprint density at radius 1 is 0.947 bits per heavy atom. The largest absolute Gasteiger partial charge is 0.497 e. The van der Waals surface area contributed by atoms with Crippen LogP contribution in [0.15, 0.2) is 35.3 Å². The molecule has 2 aromatic rings. The lowest BCUT2D eigenvalue weighted by atomic mass is 9.53. The molecule has 9 heteroatoms. The summed E-state index contributed by atoms with van der Waals surface area (Å²) in [5, 5.41) is 6.56. The molecule has 5 aliphatic rings. The highest BCUT2D eigenvalue weighted by atomic mass is 16.5. The van der Waals surface area contributed by atoms with Crippen molar-refractivity contribution in [1.29, 1.82) is 0 Å². The van der Waals surface area contributed by atoms with E-state index in [1.54, 1.807) is 7.11 Å². The molecule has 1 aliphatic heterocycles. The Balaban J connectivity index is 1.18. The summed E-state index contributed by atoms with van der Waals surface area (Å²) in [6.45, 7) is 6.97. The summed E-state index contributed by atoms with van der Waals surface area (Å²) < 4.78 is 5.30. The van der Waals surface area contributed by atoms with Crippen molar-refractivity contribution in [3.05, 3.63) is 41.7 Å². The molecule has 1 aromatic carbocycles. The average molecular weight is 518 g/mol. The molecule has 5 fully saturated rings. The quantitative estimate of drug-likeness (QED) is 0.467. The highest BCUT2D eigenvalue weighted by Crippen LogP contribution is 2.55. The zero-order valence-corrected chi connectivity index (χ0v) is 22.7. The van der Waals surface area contributed by atoms with E-state index in [1.807, 2.05) is 32.0 Å². The Hall–Kier alpha value is -3.36. The highest BCUT2D eigenvalue weighted by Gasteiger charge is 2.51. The van der Waals surface area contributed by atoms with E-state index in [-0.39, 0.29) is 11.6 Å². The number of urea groups is 1. The molecular weight excluding hydrogens is 478 g/mol. The maximum atomic E-state index is 13.5. The van der Waals surface area contributed by atoms with Crippen molar-refractivity contribution in [2.24, 2.45) is 22.7 Å². The van der Waals surface area contributed by atoms with Crippen LogP contribution < -0.4 is 20.3 Å². The normalized spacial score (nSPS) is 28.4. The predicted octanol–water partition coefficient (Wildman–Crippen LogP) is 4.18.